The van der Waals surface area contributed by atoms with Gasteiger partial charge >= 0.3 is 0 Å². The molecule has 136 valence electrons. The molecule has 0 aliphatic rings. The van der Waals surface area contributed by atoms with Gasteiger partial charge in [-0.25, -0.2) is 0 Å². The number of rotatable bonds is 7. The fourth-order valence-corrected chi connectivity index (χ4v) is 2.34. The molecule has 0 saturated carbocycles. The van der Waals surface area contributed by atoms with Gasteiger partial charge in [0.15, 0.2) is 5.76 Å². The third-order valence-corrected chi connectivity index (χ3v) is 3.86. The van der Waals surface area contributed by atoms with Crippen molar-refractivity contribution in [1.29, 1.82) is 0 Å². The Bertz CT molecular complexity index is 716. The summed E-state index contributed by atoms with van der Waals surface area (Å²) in [5, 5.41) is 15.8. The molecule has 0 spiro atoms. The van der Waals surface area contributed by atoms with Crippen molar-refractivity contribution in [2.24, 2.45) is 5.92 Å². The summed E-state index contributed by atoms with van der Waals surface area (Å²) in [5.74, 6) is 0.176. The number of hydrogen-bond acceptors (Lipinski definition) is 5. The summed E-state index contributed by atoms with van der Waals surface area (Å²) in [4.78, 5) is 24.6. The summed E-state index contributed by atoms with van der Waals surface area (Å²) >= 11 is 0. The van der Waals surface area contributed by atoms with Crippen molar-refractivity contribution in [3.05, 3.63) is 47.8 Å². The lowest BCUT2D eigenvalue weighted by molar-refractivity contribution is -0.125. The van der Waals surface area contributed by atoms with Crippen LogP contribution in [0.4, 0.5) is 0 Å². The Morgan fingerprint density at radius 2 is 2.00 bits per heavy atom. The molecule has 0 radical (unpaired) electrons. The first-order valence-electron chi connectivity index (χ1n) is 8.12. The summed E-state index contributed by atoms with van der Waals surface area (Å²) in [6, 6.07) is 5.77. The van der Waals surface area contributed by atoms with Crippen LogP contribution in [0.1, 0.15) is 42.8 Å². The molecule has 2 aromatic rings. The number of carbonyl (C=O) groups is 2. The SMILES string of the molecule is Cc1ccc(C(C)(O)CNC(=O)C(NC(=O)c2ccco2)C(C)C)o1. The summed E-state index contributed by atoms with van der Waals surface area (Å²) in [5.41, 5.74) is -1.35. The molecule has 25 heavy (non-hydrogen) atoms. The van der Waals surface area contributed by atoms with Crippen LogP contribution < -0.4 is 10.6 Å². The zero-order valence-electron chi connectivity index (χ0n) is 14.8. The summed E-state index contributed by atoms with van der Waals surface area (Å²) in [6.45, 7) is 6.93. The second-order valence-corrected chi connectivity index (χ2v) is 6.57. The number of hydrogen-bond donors (Lipinski definition) is 3. The van der Waals surface area contributed by atoms with E-state index in [0.29, 0.717) is 11.5 Å². The molecule has 0 saturated heterocycles. The van der Waals surface area contributed by atoms with E-state index < -0.39 is 23.5 Å². The lowest BCUT2D eigenvalue weighted by atomic mass is 10.0. The lowest BCUT2D eigenvalue weighted by Gasteiger charge is -2.25. The smallest absolute Gasteiger partial charge is 0.287 e. The quantitative estimate of drug-likeness (QED) is 0.709. The van der Waals surface area contributed by atoms with Crippen molar-refractivity contribution in [2.45, 2.75) is 39.3 Å². The molecule has 2 rings (SSSR count). The van der Waals surface area contributed by atoms with E-state index in [0.717, 1.165) is 0 Å². The number of amides is 2. The van der Waals surface area contributed by atoms with Gasteiger partial charge in [-0.1, -0.05) is 13.8 Å². The first-order chi connectivity index (χ1) is 11.7. The molecule has 2 unspecified atom stereocenters. The maximum atomic E-state index is 12.5. The molecule has 0 aromatic carbocycles. The molecular formula is C18H24N2O5. The van der Waals surface area contributed by atoms with Crippen LogP contribution in [0.25, 0.3) is 0 Å². The fourth-order valence-electron chi connectivity index (χ4n) is 2.34. The van der Waals surface area contributed by atoms with Gasteiger partial charge in [0.05, 0.1) is 12.8 Å². The maximum Gasteiger partial charge on any atom is 0.287 e. The van der Waals surface area contributed by atoms with Gasteiger partial charge in [0.25, 0.3) is 5.91 Å². The van der Waals surface area contributed by atoms with E-state index >= 15 is 0 Å². The van der Waals surface area contributed by atoms with Gasteiger partial charge in [0.2, 0.25) is 5.91 Å². The minimum atomic E-state index is -1.35. The van der Waals surface area contributed by atoms with Crippen LogP contribution in [-0.4, -0.2) is 29.5 Å². The highest BCUT2D eigenvalue weighted by molar-refractivity contribution is 5.95. The van der Waals surface area contributed by atoms with Crippen molar-refractivity contribution in [3.63, 3.8) is 0 Å². The van der Waals surface area contributed by atoms with E-state index in [1.165, 1.54) is 12.3 Å². The second kappa shape index (κ2) is 7.57. The fraction of sp³-hybridized carbons (Fsp3) is 0.444. The molecular weight excluding hydrogens is 324 g/mol. The Morgan fingerprint density at radius 3 is 2.52 bits per heavy atom. The number of aliphatic hydroxyl groups is 1. The van der Waals surface area contributed by atoms with Crippen LogP contribution in [0.5, 0.6) is 0 Å². The largest absolute Gasteiger partial charge is 0.463 e. The zero-order chi connectivity index (χ0) is 18.6. The van der Waals surface area contributed by atoms with E-state index in [4.69, 9.17) is 8.83 Å². The molecule has 0 aliphatic carbocycles. The molecule has 0 bridgehead atoms. The Kier molecular flexibility index (Phi) is 5.69. The molecule has 2 amide bonds. The Labute approximate surface area is 146 Å². The molecule has 2 aromatic heterocycles. The number of nitrogens with one attached hydrogen (secondary N) is 2. The van der Waals surface area contributed by atoms with E-state index in [-0.39, 0.29) is 18.2 Å². The van der Waals surface area contributed by atoms with Gasteiger partial charge in [-0.2, -0.15) is 0 Å². The first-order valence-corrected chi connectivity index (χ1v) is 8.12. The van der Waals surface area contributed by atoms with Crippen molar-refractivity contribution in [1.82, 2.24) is 10.6 Å². The van der Waals surface area contributed by atoms with Crippen LogP contribution >= 0.6 is 0 Å². The Balaban J connectivity index is 1.99. The molecule has 3 N–H and O–H groups in total. The van der Waals surface area contributed by atoms with E-state index in [9.17, 15) is 14.7 Å². The van der Waals surface area contributed by atoms with Gasteiger partial charge in [-0.15, -0.1) is 0 Å². The standard InChI is InChI=1S/C18H24N2O5/c1-11(2)15(20-16(21)13-6-5-9-24-13)17(22)19-10-18(4,23)14-8-7-12(3)25-14/h5-9,11,15,23H,10H2,1-4H3,(H,19,22)(H,20,21). The minimum absolute atomic E-state index is 0.0430. The first kappa shape index (κ1) is 18.8. The van der Waals surface area contributed by atoms with Crippen LogP contribution in [0.2, 0.25) is 0 Å². The molecule has 0 fully saturated rings. The summed E-state index contributed by atoms with van der Waals surface area (Å²) < 4.78 is 10.5. The average Bonchev–Trinajstić information content (AvgIpc) is 3.21. The zero-order valence-corrected chi connectivity index (χ0v) is 14.8. The average molecular weight is 348 g/mol. The maximum absolute atomic E-state index is 12.5. The van der Waals surface area contributed by atoms with E-state index in [1.807, 2.05) is 13.8 Å². The summed E-state index contributed by atoms with van der Waals surface area (Å²) in [7, 11) is 0. The predicted octanol–water partition coefficient (Wildman–Crippen LogP) is 1.96. The van der Waals surface area contributed by atoms with Gasteiger partial charge in [0, 0.05) is 0 Å². The van der Waals surface area contributed by atoms with E-state index in [1.54, 1.807) is 32.0 Å². The Hall–Kier alpha value is -2.54. The molecule has 7 heteroatoms. The van der Waals surface area contributed by atoms with Gasteiger partial charge in [0.1, 0.15) is 23.2 Å². The second-order valence-electron chi connectivity index (χ2n) is 6.57. The topological polar surface area (TPSA) is 105 Å². The lowest BCUT2D eigenvalue weighted by Crippen LogP contribution is -2.52. The monoisotopic (exact) mass is 348 g/mol. The van der Waals surface area contributed by atoms with Crippen LogP contribution in [-0.2, 0) is 10.4 Å². The third-order valence-electron chi connectivity index (χ3n) is 3.86. The molecule has 2 atom stereocenters. The number of aryl methyl sites for hydroxylation is 1. The Morgan fingerprint density at radius 1 is 1.28 bits per heavy atom. The van der Waals surface area contributed by atoms with Crippen molar-refractivity contribution in [3.8, 4) is 0 Å². The van der Waals surface area contributed by atoms with Gasteiger partial charge in [-0.3, -0.25) is 9.59 Å². The van der Waals surface area contributed by atoms with Crippen molar-refractivity contribution < 1.29 is 23.5 Å². The minimum Gasteiger partial charge on any atom is -0.463 e. The van der Waals surface area contributed by atoms with Crippen LogP contribution in [0, 0.1) is 12.8 Å². The number of carbonyl (C=O) groups excluding carboxylic acids is 2. The van der Waals surface area contributed by atoms with Gasteiger partial charge in [-0.05, 0) is 44.0 Å². The highest BCUT2D eigenvalue weighted by Gasteiger charge is 2.31. The highest BCUT2D eigenvalue weighted by atomic mass is 16.4. The van der Waals surface area contributed by atoms with Crippen LogP contribution in [0.15, 0.2) is 39.4 Å². The van der Waals surface area contributed by atoms with E-state index in [2.05, 4.69) is 10.6 Å². The predicted molar refractivity (Wildman–Crippen MR) is 90.8 cm³/mol. The van der Waals surface area contributed by atoms with Gasteiger partial charge < -0.3 is 24.6 Å². The third kappa shape index (κ3) is 4.73. The summed E-state index contributed by atoms with van der Waals surface area (Å²) in [6.07, 6.45) is 1.39. The normalized spacial score (nSPS) is 14.8. The molecule has 0 aliphatic heterocycles. The number of furan rings is 2. The molecule has 2 heterocycles. The van der Waals surface area contributed by atoms with Crippen molar-refractivity contribution in [2.75, 3.05) is 6.54 Å². The highest BCUT2D eigenvalue weighted by Crippen LogP contribution is 2.22. The van der Waals surface area contributed by atoms with Crippen LogP contribution in [0.3, 0.4) is 0 Å². The molecule has 7 nitrogen and oxygen atoms in total. The van der Waals surface area contributed by atoms with Crippen molar-refractivity contribution >= 4 is 11.8 Å².